The van der Waals surface area contributed by atoms with E-state index < -0.39 is 0 Å². The molecule has 0 saturated carbocycles. The van der Waals surface area contributed by atoms with E-state index in [4.69, 9.17) is 23.2 Å². The molecular weight excluding hydrogens is 239 g/mol. The Morgan fingerprint density at radius 1 is 0.625 bits per heavy atom. The highest BCUT2D eigenvalue weighted by molar-refractivity contribution is 6.41. The first-order valence-electron chi connectivity index (χ1n) is 5.03. The maximum atomic E-state index is 5.58. The number of hydrogen-bond acceptors (Lipinski definition) is 0. The van der Waals surface area contributed by atoms with Gasteiger partial charge in [-0.05, 0) is 37.1 Å². The zero-order valence-corrected chi connectivity index (χ0v) is 10.9. The summed E-state index contributed by atoms with van der Waals surface area (Å²) in [7, 11) is 0. The van der Waals surface area contributed by atoms with Gasteiger partial charge in [0.2, 0.25) is 0 Å². The predicted molar refractivity (Wildman–Crippen MR) is 72.4 cm³/mol. The minimum Gasteiger partial charge on any atom is -0.0827 e. The molecule has 0 bridgehead atoms. The van der Waals surface area contributed by atoms with Crippen LogP contribution in [0.4, 0.5) is 0 Å². The van der Waals surface area contributed by atoms with Gasteiger partial charge in [-0.1, -0.05) is 59.6 Å². The van der Waals surface area contributed by atoms with Gasteiger partial charge in [0.15, 0.2) is 0 Å². The zero-order chi connectivity index (χ0) is 12.0. The van der Waals surface area contributed by atoms with Crippen molar-refractivity contribution in [3.8, 4) is 0 Å². The fraction of sp³-hybridized carbons (Fsp3) is 0.143. The molecule has 0 radical (unpaired) electrons. The molecule has 16 heavy (non-hydrogen) atoms. The SMILES string of the molecule is Cc1ccccc1C.Clc1ccccc1Cl. The number of rotatable bonds is 0. The van der Waals surface area contributed by atoms with Crippen LogP contribution in [-0.4, -0.2) is 0 Å². The third kappa shape index (κ3) is 4.26. The highest BCUT2D eigenvalue weighted by Crippen LogP contribution is 2.19. The number of aryl methyl sites for hydroxylation is 2. The highest BCUT2D eigenvalue weighted by atomic mass is 35.5. The van der Waals surface area contributed by atoms with E-state index in [2.05, 4.69) is 38.1 Å². The van der Waals surface area contributed by atoms with Crippen molar-refractivity contribution in [2.24, 2.45) is 0 Å². The largest absolute Gasteiger partial charge is 0.0827 e. The summed E-state index contributed by atoms with van der Waals surface area (Å²) >= 11 is 11.2. The van der Waals surface area contributed by atoms with E-state index in [9.17, 15) is 0 Å². The van der Waals surface area contributed by atoms with Crippen LogP contribution < -0.4 is 0 Å². The quantitative estimate of drug-likeness (QED) is 0.597. The van der Waals surface area contributed by atoms with Crippen molar-refractivity contribution in [1.29, 1.82) is 0 Å². The Kier molecular flexibility index (Phi) is 5.37. The summed E-state index contributed by atoms with van der Waals surface area (Å²) in [5.74, 6) is 0. The Morgan fingerprint density at radius 3 is 1.19 bits per heavy atom. The van der Waals surface area contributed by atoms with Gasteiger partial charge in [0.05, 0.1) is 10.0 Å². The number of hydrogen-bond donors (Lipinski definition) is 0. The molecule has 0 nitrogen and oxygen atoms in total. The smallest absolute Gasteiger partial charge is 0.0592 e. The summed E-state index contributed by atoms with van der Waals surface area (Å²) < 4.78 is 0. The van der Waals surface area contributed by atoms with Crippen molar-refractivity contribution >= 4 is 23.2 Å². The molecule has 84 valence electrons. The summed E-state index contributed by atoms with van der Waals surface area (Å²) in [6.45, 7) is 4.24. The van der Waals surface area contributed by atoms with Crippen LogP contribution in [0, 0.1) is 13.8 Å². The van der Waals surface area contributed by atoms with Crippen LogP contribution in [0.3, 0.4) is 0 Å². The van der Waals surface area contributed by atoms with Gasteiger partial charge in [0.25, 0.3) is 0 Å². The summed E-state index contributed by atoms with van der Waals surface area (Å²) in [5.41, 5.74) is 2.74. The molecule has 0 aliphatic carbocycles. The summed E-state index contributed by atoms with van der Waals surface area (Å²) in [5, 5.41) is 1.21. The topological polar surface area (TPSA) is 0 Å². The molecule has 0 heterocycles. The standard InChI is InChI=1S/C8H10.C6H4Cl2/c1-7-5-3-4-6-8(7)2;7-5-3-1-2-4-6(5)8/h3-6H,1-2H3;1-4H. The van der Waals surface area contributed by atoms with E-state index >= 15 is 0 Å². The van der Waals surface area contributed by atoms with E-state index in [-0.39, 0.29) is 0 Å². The second-order valence-corrected chi connectivity index (χ2v) is 4.31. The molecule has 0 fully saturated rings. The van der Waals surface area contributed by atoms with Crippen LogP contribution in [0.15, 0.2) is 48.5 Å². The van der Waals surface area contributed by atoms with Crippen molar-refractivity contribution < 1.29 is 0 Å². The fourth-order valence-corrected chi connectivity index (χ4v) is 1.37. The lowest BCUT2D eigenvalue weighted by atomic mass is 10.1. The van der Waals surface area contributed by atoms with E-state index in [1.54, 1.807) is 12.1 Å². The molecule has 2 aromatic carbocycles. The molecule has 0 aromatic heterocycles. The Balaban J connectivity index is 0.000000160. The minimum atomic E-state index is 0.606. The molecule has 0 N–H and O–H groups in total. The molecule has 0 aliphatic heterocycles. The Labute approximate surface area is 107 Å². The maximum absolute atomic E-state index is 5.58. The number of benzene rings is 2. The highest BCUT2D eigenvalue weighted by Gasteiger charge is 1.89. The van der Waals surface area contributed by atoms with Gasteiger partial charge in [-0.25, -0.2) is 0 Å². The first-order valence-corrected chi connectivity index (χ1v) is 5.79. The zero-order valence-electron chi connectivity index (χ0n) is 9.37. The third-order valence-corrected chi connectivity index (χ3v) is 3.01. The lowest BCUT2D eigenvalue weighted by Gasteiger charge is -1.93. The number of halogens is 2. The van der Waals surface area contributed by atoms with Gasteiger partial charge < -0.3 is 0 Å². The van der Waals surface area contributed by atoms with Gasteiger partial charge in [-0.2, -0.15) is 0 Å². The van der Waals surface area contributed by atoms with E-state index in [1.807, 2.05) is 12.1 Å². The normalized spacial score (nSPS) is 9.25. The van der Waals surface area contributed by atoms with E-state index in [0.717, 1.165) is 0 Å². The first kappa shape index (κ1) is 13.1. The average molecular weight is 253 g/mol. The van der Waals surface area contributed by atoms with E-state index in [1.165, 1.54) is 11.1 Å². The van der Waals surface area contributed by atoms with Crippen molar-refractivity contribution in [2.45, 2.75) is 13.8 Å². The van der Waals surface area contributed by atoms with Crippen LogP contribution >= 0.6 is 23.2 Å². The summed E-state index contributed by atoms with van der Waals surface area (Å²) in [6, 6.07) is 15.5. The van der Waals surface area contributed by atoms with Crippen LogP contribution in [0.25, 0.3) is 0 Å². The Hall–Kier alpha value is -0.980. The fourth-order valence-electron chi connectivity index (χ4n) is 1.10. The van der Waals surface area contributed by atoms with Crippen molar-refractivity contribution in [2.75, 3.05) is 0 Å². The molecule has 0 aliphatic rings. The van der Waals surface area contributed by atoms with E-state index in [0.29, 0.717) is 10.0 Å². The molecule has 0 spiro atoms. The van der Waals surface area contributed by atoms with Crippen LogP contribution in [0.2, 0.25) is 10.0 Å². The summed E-state index contributed by atoms with van der Waals surface area (Å²) in [6.07, 6.45) is 0. The monoisotopic (exact) mass is 252 g/mol. The molecule has 2 aromatic rings. The average Bonchev–Trinajstić information content (AvgIpc) is 2.28. The van der Waals surface area contributed by atoms with Crippen LogP contribution in [0.1, 0.15) is 11.1 Å². The molecule has 0 amide bonds. The van der Waals surface area contributed by atoms with Gasteiger partial charge in [-0.3, -0.25) is 0 Å². The van der Waals surface area contributed by atoms with Gasteiger partial charge in [0.1, 0.15) is 0 Å². The molecular formula is C14H14Cl2. The van der Waals surface area contributed by atoms with Gasteiger partial charge in [-0.15, -0.1) is 0 Å². The molecule has 0 unspecified atom stereocenters. The molecule has 2 rings (SSSR count). The maximum Gasteiger partial charge on any atom is 0.0592 e. The minimum absolute atomic E-state index is 0.606. The lowest BCUT2D eigenvalue weighted by molar-refractivity contribution is 1.34. The summed E-state index contributed by atoms with van der Waals surface area (Å²) in [4.78, 5) is 0. The Bertz CT molecular complexity index is 364. The third-order valence-electron chi connectivity index (χ3n) is 2.25. The van der Waals surface area contributed by atoms with Crippen molar-refractivity contribution in [3.63, 3.8) is 0 Å². The second kappa shape index (κ2) is 6.57. The van der Waals surface area contributed by atoms with Crippen molar-refractivity contribution in [1.82, 2.24) is 0 Å². The van der Waals surface area contributed by atoms with Crippen LogP contribution in [-0.2, 0) is 0 Å². The Morgan fingerprint density at radius 2 is 0.938 bits per heavy atom. The second-order valence-electron chi connectivity index (χ2n) is 3.50. The molecule has 0 saturated heterocycles. The van der Waals surface area contributed by atoms with Crippen molar-refractivity contribution in [3.05, 3.63) is 69.7 Å². The first-order chi connectivity index (χ1) is 7.61. The van der Waals surface area contributed by atoms with Gasteiger partial charge >= 0.3 is 0 Å². The predicted octanol–water partition coefficient (Wildman–Crippen LogP) is 5.30. The van der Waals surface area contributed by atoms with Gasteiger partial charge in [0, 0.05) is 0 Å². The molecule has 0 atom stereocenters. The van der Waals surface area contributed by atoms with Crippen LogP contribution in [0.5, 0.6) is 0 Å². The lowest BCUT2D eigenvalue weighted by Crippen LogP contribution is -1.74. The molecule has 2 heteroatoms.